The van der Waals surface area contributed by atoms with E-state index < -0.39 is 0 Å². The number of hydrogen-bond acceptors (Lipinski definition) is 3. The van der Waals surface area contributed by atoms with Crippen LogP contribution in [0.5, 0.6) is 0 Å². The largest absolute Gasteiger partial charge is 0.347 e. The molecule has 1 heterocycles. The minimum atomic E-state index is -0.193. The van der Waals surface area contributed by atoms with Gasteiger partial charge in [0, 0.05) is 0 Å². The van der Waals surface area contributed by atoms with E-state index in [2.05, 4.69) is 33.7 Å². The monoisotopic (exact) mass is 356 g/mol. The van der Waals surface area contributed by atoms with Crippen molar-refractivity contribution in [2.75, 3.05) is 0 Å². The van der Waals surface area contributed by atoms with E-state index in [9.17, 15) is 4.79 Å². The maximum atomic E-state index is 12.8. The second-order valence-corrected chi connectivity index (χ2v) is 6.43. The van der Waals surface area contributed by atoms with Crippen LogP contribution in [-0.4, -0.2) is 20.9 Å². The Kier molecular flexibility index (Phi) is 4.92. The van der Waals surface area contributed by atoms with E-state index >= 15 is 0 Å². The Morgan fingerprint density at radius 3 is 2.41 bits per heavy atom. The zero-order chi connectivity index (χ0) is 18.5. The molecule has 0 aliphatic heterocycles. The van der Waals surface area contributed by atoms with Crippen LogP contribution in [0.2, 0.25) is 0 Å². The summed E-state index contributed by atoms with van der Waals surface area (Å²) in [6.45, 7) is 0.484. The SMILES string of the molecule is O=C(Cc1cccc2ccccc12)NC(Cn1nccn1)c1ccccc1. The normalized spacial score (nSPS) is 12.0. The fourth-order valence-electron chi connectivity index (χ4n) is 3.29. The Bertz CT molecular complexity index is 1020. The van der Waals surface area contributed by atoms with Gasteiger partial charge in [0.25, 0.3) is 0 Å². The molecule has 1 aromatic heterocycles. The molecule has 0 bridgehead atoms. The molecule has 0 aliphatic carbocycles. The zero-order valence-corrected chi connectivity index (χ0v) is 14.8. The molecule has 5 nitrogen and oxygen atoms in total. The van der Waals surface area contributed by atoms with E-state index in [4.69, 9.17) is 0 Å². The molecular weight excluding hydrogens is 336 g/mol. The summed E-state index contributed by atoms with van der Waals surface area (Å²) in [5.41, 5.74) is 2.05. The van der Waals surface area contributed by atoms with Crippen molar-refractivity contribution in [1.29, 1.82) is 0 Å². The first-order valence-corrected chi connectivity index (χ1v) is 8.94. The molecule has 27 heavy (non-hydrogen) atoms. The van der Waals surface area contributed by atoms with Gasteiger partial charge in [-0.25, -0.2) is 0 Å². The van der Waals surface area contributed by atoms with Crippen LogP contribution >= 0.6 is 0 Å². The molecule has 4 rings (SSSR count). The predicted molar refractivity (Wildman–Crippen MR) is 105 cm³/mol. The van der Waals surface area contributed by atoms with Gasteiger partial charge in [0.05, 0.1) is 31.4 Å². The van der Waals surface area contributed by atoms with Crippen LogP contribution in [-0.2, 0) is 17.8 Å². The van der Waals surface area contributed by atoms with Gasteiger partial charge in [0.15, 0.2) is 0 Å². The molecule has 0 saturated heterocycles. The van der Waals surface area contributed by atoms with E-state index in [-0.39, 0.29) is 11.9 Å². The Hall–Kier alpha value is -3.47. The standard InChI is InChI=1S/C22H20N4O/c27-22(15-19-11-6-10-17-7-4-5-12-20(17)19)25-21(16-26-23-13-14-24-26)18-8-2-1-3-9-18/h1-14,21H,15-16H2,(H,25,27). The topological polar surface area (TPSA) is 59.8 Å². The van der Waals surface area contributed by atoms with Crippen LogP contribution in [0.1, 0.15) is 17.2 Å². The molecule has 5 heteroatoms. The number of carbonyl (C=O) groups is 1. The smallest absolute Gasteiger partial charge is 0.224 e. The summed E-state index contributed by atoms with van der Waals surface area (Å²) >= 11 is 0. The number of nitrogens with zero attached hydrogens (tertiary/aromatic N) is 3. The number of benzene rings is 3. The summed E-state index contributed by atoms with van der Waals surface area (Å²) in [5.74, 6) is -0.0210. The lowest BCUT2D eigenvalue weighted by Gasteiger charge is -2.19. The van der Waals surface area contributed by atoms with Crippen molar-refractivity contribution < 1.29 is 4.79 Å². The van der Waals surface area contributed by atoms with Crippen LogP contribution in [0.3, 0.4) is 0 Å². The first-order chi connectivity index (χ1) is 13.3. The van der Waals surface area contributed by atoms with Gasteiger partial charge < -0.3 is 5.32 Å². The maximum absolute atomic E-state index is 12.8. The van der Waals surface area contributed by atoms with E-state index in [1.165, 1.54) is 0 Å². The van der Waals surface area contributed by atoms with Crippen LogP contribution in [0, 0.1) is 0 Å². The van der Waals surface area contributed by atoms with Crippen molar-refractivity contribution >= 4 is 16.7 Å². The molecule has 1 unspecified atom stereocenters. The molecule has 1 N–H and O–H groups in total. The van der Waals surface area contributed by atoms with E-state index in [1.807, 2.05) is 54.6 Å². The quantitative estimate of drug-likeness (QED) is 0.575. The summed E-state index contributed by atoms with van der Waals surface area (Å²) in [4.78, 5) is 14.4. The molecule has 1 amide bonds. The molecule has 0 radical (unpaired) electrons. The number of nitrogens with one attached hydrogen (secondary N) is 1. The van der Waals surface area contributed by atoms with Crippen molar-refractivity contribution in [2.24, 2.45) is 0 Å². The lowest BCUT2D eigenvalue weighted by molar-refractivity contribution is -0.121. The molecule has 3 aromatic carbocycles. The third-order valence-electron chi connectivity index (χ3n) is 4.58. The number of hydrogen-bond donors (Lipinski definition) is 1. The number of fused-ring (bicyclic) bond motifs is 1. The number of aromatic nitrogens is 3. The lowest BCUT2D eigenvalue weighted by Crippen LogP contribution is -2.33. The highest BCUT2D eigenvalue weighted by Crippen LogP contribution is 2.20. The highest BCUT2D eigenvalue weighted by molar-refractivity contribution is 5.90. The van der Waals surface area contributed by atoms with Gasteiger partial charge in [-0.2, -0.15) is 15.0 Å². The highest BCUT2D eigenvalue weighted by atomic mass is 16.1. The summed E-state index contributed by atoms with van der Waals surface area (Å²) in [7, 11) is 0. The number of carbonyl (C=O) groups excluding carboxylic acids is 1. The Morgan fingerprint density at radius 1 is 0.889 bits per heavy atom. The molecule has 0 spiro atoms. The summed E-state index contributed by atoms with van der Waals surface area (Å²) in [6, 6.07) is 23.9. The average molecular weight is 356 g/mol. The van der Waals surface area contributed by atoms with E-state index in [0.717, 1.165) is 21.9 Å². The van der Waals surface area contributed by atoms with Gasteiger partial charge in [0.1, 0.15) is 0 Å². The van der Waals surface area contributed by atoms with Gasteiger partial charge in [-0.3, -0.25) is 4.79 Å². The molecule has 0 saturated carbocycles. The van der Waals surface area contributed by atoms with Gasteiger partial charge in [-0.05, 0) is 21.9 Å². The van der Waals surface area contributed by atoms with Crippen LogP contribution in [0.15, 0.2) is 85.2 Å². The van der Waals surface area contributed by atoms with Crippen molar-refractivity contribution in [3.8, 4) is 0 Å². The van der Waals surface area contributed by atoms with Crippen LogP contribution < -0.4 is 5.32 Å². The molecule has 0 aliphatic rings. The van der Waals surface area contributed by atoms with Crippen LogP contribution in [0.4, 0.5) is 0 Å². The van der Waals surface area contributed by atoms with Crippen LogP contribution in [0.25, 0.3) is 10.8 Å². The van der Waals surface area contributed by atoms with Crippen molar-refractivity contribution in [2.45, 2.75) is 19.0 Å². The predicted octanol–water partition coefficient (Wildman–Crippen LogP) is 3.53. The first kappa shape index (κ1) is 17.0. The van der Waals surface area contributed by atoms with E-state index in [0.29, 0.717) is 13.0 Å². The molecule has 4 aromatic rings. The van der Waals surface area contributed by atoms with Gasteiger partial charge >= 0.3 is 0 Å². The summed E-state index contributed by atoms with van der Waals surface area (Å²) < 4.78 is 0. The second kappa shape index (κ2) is 7.83. The fraction of sp³-hybridized carbons (Fsp3) is 0.136. The number of rotatable bonds is 6. The average Bonchev–Trinajstić information content (AvgIpc) is 3.22. The van der Waals surface area contributed by atoms with Gasteiger partial charge in [0.2, 0.25) is 5.91 Å². The van der Waals surface area contributed by atoms with Gasteiger partial charge in [-0.1, -0.05) is 72.8 Å². The minimum absolute atomic E-state index is 0.0210. The summed E-state index contributed by atoms with van der Waals surface area (Å²) in [6.07, 6.45) is 3.61. The van der Waals surface area contributed by atoms with Crippen molar-refractivity contribution in [1.82, 2.24) is 20.3 Å². The molecular formula is C22H20N4O. The zero-order valence-electron chi connectivity index (χ0n) is 14.8. The molecule has 1 atom stereocenters. The maximum Gasteiger partial charge on any atom is 0.224 e. The minimum Gasteiger partial charge on any atom is -0.347 e. The Labute approximate surface area is 157 Å². The summed E-state index contributed by atoms with van der Waals surface area (Å²) in [5, 5.41) is 13.7. The first-order valence-electron chi connectivity index (χ1n) is 8.94. The second-order valence-electron chi connectivity index (χ2n) is 6.43. The third-order valence-corrected chi connectivity index (χ3v) is 4.58. The van der Waals surface area contributed by atoms with Gasteiger partial charge in [-0.15, -0.1) is 0 Å². The lowest BCUT2D eigenvalue weighted by atomic mass is 10.0. The molecule has 0 fully saturated rings. The third kappa shape index (κ3) is 4.03. The highest BCUT2D eigenvalue weighted by Gasteiger charge is 2.17. The number of amides is 1. The van der Waals surface area contributed by atoms with Crippen molar-refractivity contribution in [3.63, 3.8) is 0 Å². The Balaban J connectivity index is 1.54. The Morgan fingerprint density at radius 2 is 1.59 bits per heavy atom. The van der Waals surface area contributed by atoms with E-state index in [1.54, 1.807) is 17.2 Å². The fourth-order valence-corrected chi connectivity index (χ4v) is 3.29. The van der Waals surface area contributed by atoms with Crippen molar-refractivity contribution in [3.05, 3.63) is 96.3 Å². The molecule has 134 valence electrons.